The molecule has 5 nitrogen and oxygen atoms in total. The first-order chi connectivity index (χ1) is 8.00. The van der Waals surface area contributed by atoms with Crippen molar-refractivity contribution in [1.29, 1.82) is 0 Å². The van der Waals surface area contributed by atoms with Crippen LogP contribution in [0.25, 0.3) is 5.70 Å². The molecular weight excluding hydrogens is 242 g/mol. The molecule has 1 aliphatic rings. The Hall–Kier alpha value is -1.82. The second-order valence-corrected chi connectivity index (χ2v) is 5.32. The number of sulfone groups is 1. The van der Waals surface area contributed by atoms with Crippen LogP contribution in [0.5, 0.6) is 0 Å². The van der Waals surface area contributed by atoms with E-state index in [-0.39, 0.29) is 17.2 Å². The van der Waals surface area contributed by atoms with Crippen LogP contribution in [0.1, 0.15) is 12.5 Å². The lowest BCUT2D eigenvalue weighted by Gasteiger charge is -2.03. The molecule has 0 atom stereocenters. The summed E-state index contributed by atoms with van der Waals surface area (Å²) in [5, 5.41) is 0. The van der Waals surface area contributed by atoms with Gasteiger partial charge in [0, 0.05) is 5.56 Å². The van der Waals surface area contributed by atoms with Gasteiger partial charge in [-0.05, 0) is 13.0 Å². The minimum absolute atomic E-state index is 0.0425. The Bertz CT molecular complexity index is 616. The van der Waals surface area contributed by atoms with Crippen LogP contribution < -0.4 is 5.73 Å². The van der Waals surface area contributed by atoms with E-state index in [1.165, 1.54) is 6.07 Å². The van der Waals surface area contributed by atoms with Gasteiger partial charge >= 0.3 is 5.97 Å². The van der Waals surface area contributed by atoms with E-state index in [2.05, 4.69) is 0 Å². The zero-order chi connectivity index (χ0) is 12.6. The number of esters is 1. The maximum absolute atomic E-state index is 12.1. The van der Waals surface area contributed by atoms with Crippen molar-refractivity contribution >= 4 is 21.5 Å². The molecule has 0 bridgehead atoms. The quantitative estimate of drug-likeness (QED) is 0.782. The molecule has 1 heterocycles. The van der Waals surface area contributed by atoms with E-state index in [0.29, 0.717) is 5.56 Å². The molecule has 6 heteroatoms. The molecule has 0 unspecified atom stereocenters. The van der Waals surface area contributed by atoms with Gasteiger partial charge < -0.3 is 10.5 Å². The third-order valence-electron chi connectivity index (χ3n) is 2.44. The number of carbonyl (C=O) groups is 1. The molecule has 1 aromatic rings. The van der Waals surface area contributed by atoms with Crippen LogP contribution >= 0.6 is 0 Å². The van der Waals surface area contributed by atoms with Crippen molar-refractivity contribution in [2.45, 2.75) is 11.8 Å². The predicted octanol–water partition coefficient (Wildman–Crippen LogP) is 0.664. The van der Waals surface area contributed by atoms with E-state index in [9.17, 15) is 13.2 Å². The number of hydrogen-bond donors (Lipinski definition) is 1. The van der Waals surface area contributed by atoms with Crippen LogP contribution in [-0.4, -0.2) is 21.0 Å². The number of hydrogen-bond acceptors (Lipinski definition) is 5. The van der Waals surface area contributed by atoms with Crippen molar-refractivity contribution in [3.63, 3.8) is 0 Å². The van der Waals surface area contributed by atoms with Crippen molar-refractivity contribution in [1.82, 2.24) is 0 Å². The van der Waals surface area contributed by atoms with Crippen molar-refractivity contribution in [3.8, 4) is 0 Å². The molecule has 0 aliphatic carbocycles. The fourth-order valence-corrected chi connectivity index (χ4v) is 3.34. The van der Waals surface area contributed by atoms with Gasteiger partial charge in [0.15, 0.2) is 4.91 Å². The summed E-state index contributed by atoms with van der Waals surface area (Å²) in [6, 6.07) is 6.23. The zero-order valence-electron chi connectivity index (χ0n) is 9.14. The highest BCUT2D eigenvalue weighted by molar-refractivity contribution is 7.96. The molecular formula is C11H11NO4S. The van der Waals surface area contributed by atoms with Gasteiger partial charge in [-0.15, -0.1) is 0 Å². The fourth-order valence-electron chi connectivity index (χ4n) is 1.72. The van der Waals surface area contributed by atoms with Crippen LogP contribution in [0, 0.1) is 0 Å². The first-order valence-electron chi connectivity index (χ1n) is 5.01. The lowest BCUT2D eigenvalue weighted by atomic mass is 10.1. The molecule has 2 rings (SSSR count). The number of benzene rings is 1. The zero-order valence-corrected chi connectivity index (χ0v) is 9.95. The van der Waals surface area contributed by atoms with Crippen LogP contribution in [0.2, 0.25) is 0 Å². The highest BCUT2D eigenvalue weighted by Crippen LogP contribution is 2.36. The summed E-state index contributed by atoms with van der Waals surface area (Å²) in [4.78, 5) is 11.2. The molecule has 1 aromatic carbocycles. The highest BCUT2D eigenvalue weighted by atomic mass is 32.2. The van der Waals surface area contributed by atoms with Crippen molar-refractivity contribution in [2.24, 2.45) is 5.73 Å². The third kappa shape index (κ3) is 1.61. The first-order valence-corrected chi connectivity index (χ1v) is 6.49. The Morgan fingerprint density at radius 2 is 2.00 bits per heavy atom. The first kappa shape index (κ1) is 11.7. The van der Waals surface area contributed by atoms with Gasteiger partial charge in [-0.2, -0.15) is 0 Å². The largest absolute Gasteiger partial charge is 0.462 e. The minimum Gasteiger partial charge on any atom is -0.462 e. The smallest absolute Gasteiger partial charge is 0.352 e. The van der Waals surface area contributed by atoms with E-state index in [1.807, 2.05) is 0 Å². The van der Waals surface area contributed by atoms with Gasteiger partial charge in [0.05, 0.1) is 17.2 Å². The lowest BCUT2D eigenvalue weighted by Crippen LogP contribution is -2.16. The monoisotopic (exact) mass is 253 g/mol. The van der Waals surface area contributed by atoms with Gasteiger partial charge in [-0.25, -0.2) is 13.2 Å². The van der Waals surface area contributed by atoms with Gasteiger partial charge in [0.2, 0.25) is 9.84 Å². The second-order valence-electron chi connectivity index (χ2n) is 3.46. The standard InChI is InChI=1S/C11H11NO4S/c1-2-16-11(13)10-9(12)7-5-3-4-6-8(7)17(10,14)15/h3-6H,2,12H2,1H3. The molecule has 2 N–H and O–H groups in total. The molecule has 0 fully saturated rings. The van der Waals surface area contributed by atoms with Crippen molar-refractivity contribution in [2.75, 3.05) is 6.61 Å². The van der Waals surface area contributed by atoms with Crippen LogP contribution in [0.4, 0.5) is 0 Å². The SMILES string of the molecule is CCOC(=O)C1=C(N)c2ccccc2S1(=O)=O. The molecule has 0 amide bonds. The minimum atomic E-state index is -3.84. The Morgan fingerprint density at radius 1 is 1.35 bits per heavy atom. The summed E-state index contributed by atoms with van der Waals surface area (Å²) in [5.74, 6) is -0.902. The molecule has 90 valence electrons. The highest BCUT2D eigenvalue weighted by Gasteiger charge is 2.39. The Morgan fingerprint density at radius 3 is 2.59 bits per heavy atom. The summed E-state index contributed by atoms with van der Waals surface area (Å²) in [5.41, 5.74) is 6.01. The average molecular weight is 253 g/mol. The second kappa shape index (κ2) is 3.89. The molecule has 0 saturated heterocycles. The molecule has 0 radical (unpaired) electrons. The summed E-state index contributed by atoms with van der Waals surface area (Å²) in [6.45, 7) is 1.70. The maximum Gasteiger partial charge on any atom is 0.352 e. The fraction of sp³-hybridized carbons (Fsp3) is 0.182. The Labute approximate surface area is 98.8 Å². The third-order valence-corrected chi connectivity index (χ3v) is 4.30. The van der Waals surface area contributed by atoms with Crippen LogP contribution in [0.15, 0.2) is 34.1 Å². The van der Waals surface area contributed by atoms with Gasteiger partial charge in [0.1, 0.15) is 0 Å². The number of rotatable bonds is 2. The van der Waals surface area contributed by atoms with E-state index in [0.717, 1.165) is 0 Å². The number of nitrogens with two attached hydrogens (primary N) is 1. The van der Waals surface area contributed by atoms with Crippen molar-refractivity contribution in [3.05, 3.63) is 34.7 Å². The summed E-state index contributed by atoms with van der Waals surface area (Å²) in [6.07, 6.45) is 0. The number of ether oxygens (including phenoxy) is 1. The van der Waals surface area contributed by atoms with E-state index in [4.69, 9.17) is 10.5 Å². The van der Waals surface area contributed by atoms with Crippen LogP contribution in [0.3, 0.4) is 0 Å². The van der Waals surface area contributed by atoms with Crippen LogP contribution in [-0.2, 0) is 19.4 Å². The topological polar surface area (TPSA) is 86.5 Å². The molecule has 0 saturated carbocycles. The Balaban J connectivity index is 2.64. The normalized spacial score (nSPS) is 16.8. The van der Waals surface area contributed by atoms with E-state index < -0.39 is 20.7 Å². The van der Waals surface area contributed by atoms with Crippen molar-refractivity contribution < 1.29 is 17.9 Å². The van der Waals surface area contributed by atoms with E-state index in [1.54, 1.807) is 25.1 Å². The number of fused-ring (bicyclic) bond motifs is 1. The molecule has 1 aliphatic heterocycles. The molecule has 0 spiro atoms. The number of carbonyl (C=O) groups excluding carboxylic acids is 1. The lowest BCUT2D eigenvalue weighted by molar-refractivity contribution is -0.137. The predicted molar refractivity (Wildman–Crippen MR) is 61.4 cm³/mol. The average Bonchev–Trinajstić information content (AvgIpc) is 2.48. The van der Waals surface area contributed by atoms with Gasteiger partial charge in [-0.1, -0.05) is 18.2 Å². The van der Waals surface area contributed by atoms with Gasteiger partial charge in [0.25, 0.3) is 0 Å². The summed E-state index contributed by atoms with van der Waals surface area (Å²) < 4.78 is 28.9. The van der Waals surface area contributed by atoms with E-state index >= 15 is 0 Å². The summed E-state index contributed by atoms with van der Waals surface area (Å²) >= 11 is 0. The molecule has 0 aromatic heterocycles. The molecule has 17 heavy (non-hydrogen) atoms. The maximum atomic E-state index is 12.1. The Kier molecular flexibility index (Phi) is 2.66. The summed E-state index contributed by atoms with van der Waals surface area (Å²) in [7, 11) is -3.84. The van der Waals surface area contributed by atoms with Gasteiger partial charge in [-0.3, -0.25) is 0 Å².